The highest BCUT2D eigenvalue weighted by Crippen LogP contribution is 2.35. The van der Waals surface area contributed by atoms with Crippen molar-refractivity contribution in [3.05, 3.63) is 60.2 Å². The van der Waals surface area contributed by atoms with Crippen LogP contribution >= 0.6 is 11.8 Å². The van der Waals surface area contributed by atoms with E-state index >= 15 is 0 Å². The summed E-state index contributed by atoms with van der Waals surface area (Å²) in [7, 11) is 0. The predicted molar refractivity (Wildman–Crippen MR) is 118 cm³/mol. The Kier molecular flexibility index (Phi) is 6.55. The summed E-state index contributed by atoms with van der Waals surface area (Å²) in [6.07, 6.45) is 7.62. The van der Waals surface area contributed by atoms with Crippen LogP contribution in [0.4, 0.5) is 5.69 Å². The zero-order valence-electron chi connectivity index (χ0n) is 16.7. The average molecular weight is 409 g/mol. The van der Waals surface area contributed by atoms with Gasteiger partial charge in [0.25, 0.3) is 5.91 Å². The first-order valence-corrected chi connectivity index (χ1v) is 11.5. The molecule has 2 fully saturated rings. The van der Waals surface area contributed by atoms with E-state index in [4.69, 9.17) is 0 Å². The minimum Gasteiger partial charge on any atom is -0.327 e. The number of carbonyl (C=O) groups excluding carboxylic acids is 2. The second-order valence-electron chi connectivity index (χ2n) is 7.90. The lowest BCUT2D eigenvalue weighted by Gasteiger charge is -2.34. The molecule has 5 heteroatoms. The zero-order valence-corrected chi connectivity index (χ0v) is 17.5. The smallest absolute Gasteiger partial charge is 0.251 e. The highest BCUT2D eigenvalue weighted by molar-refractivity contribution is 8.00. The number of piperidine rings is 1. The highest BCUT2D eigenvalue weighted by atomic mass is 32.2. The molecule has 0 aromatic heterocycles. The molecule has 0 spiro atoms. The molecular weight excluding hydrogens is 380 g/mol. The number of hydrogen-bond donors (Lipinski definition) is 1. The predicted octanol–water partition coefficient (Wildman–Crippen LogP) is 5.41. The largest absolute Gasteiger partial charge is 0.327 e. The number of benzene rings is 2. The van der Waals surface area contributed by atoms with Crippen molar-refractivity contribution in [2.24, 2.45) is 0 Å². The van der Waals surface area contributed by atoms with Crippen molar-refractivity contribution in [2.45, 2.75) is 61.1 Å². The summed E-state index contributed by atoms with van der Waals surface area (Å²) in [4.78, 5) is 28.7. The third-order valence-electron chi connectivity index (χ3n) is 5.76. The maximum atomic E-state index is 13.2. The Balaban J connectivity index is 1.48. The number of nitrogens with zero attached hydrogens (tertiary/aromatic N) is 1. The van der Waals surface area contributed by atoms with Crippen LogP contribution in [0.5, 0.6) is 0 Å². The van der Waals surface area contributed by atoms with Crippen LogP contribution in [0, 0.1) is 0 Å². The second-order valence-corrected chi connectivity index (χ2v) is 9.27. The van der Waals surface area contributed by atoms with Crippen LogP contribution < -0.4 is 5.32 Å². The van der Waals surface area contributed by atoms with Gasteiger partial charge in [0.1, 0.15) is 6.04 Å². The first-order valence-electron chi connectivity index (χ1n) is 10.6. The summed E-state index contributed by atoms with van der Waals surface area (Å²) in [6.45, 7) is 0.628. The Bertz CT molecular complexity index is 832. The number of hydrogen-bond acceptors (Lipinski definition) is 3. The lowest BCUT2D eigenvalue weighted by Crippen LogP contribution is -2.43. The molecule has 4 rings (SSSR count). The molecule has 29 heavy (non-hydrogen) atoms. The SMILES string of the molecule is O=C(Nc1ccc(SC2CCCC2)cc1)C(c1ccccc1)N1CCCCC1=O. The maximum absolute atomic E-state index is 13.2. The van der Waals surface area contributed by atoms with Crippen LogP contribution in [0.25, 0.3) is 0 Å². The second kappa shape index (κ2) is 9.49. The number of carbonyl (C=O) groups is 2. The molecule has 1 N–H and O–H groups in total. The van der Waals surface area contributed by atoms with Crippen molar-refractivity contribution >= 4 is 29.3 Å². The van der Waals surface area contributed by atoms with Gasteiger partial charge in [-0.3, -0.25) is 9.59 Å². The molecule has 2 aromatic carbocycles. The van der Waals surface area contributed by atoms with E-state index < -0.39 is 6.04 Å². The number of anilines is 1. The number of nitrogens with one attached hydrogen (secondary N) is 1. The fourth-order valence-electron chi connectivity index (χ4n) is 4.23. The van der Waals surface area contributed by atoms with Gasteiger partial charge in [0, 0.05) is 28.8 Å². The van der Waals surface area contributed by atoms with E-state index in [1.165, 1.54) is 30.6 Å². The van der Waals surface area contributed by atoms with Crippen LogP contribution in [0.15, 0.2) is 59.5 Å². The highest BCUT2D eigenvalue weighted by Gasteiger charge is 2.32. The quantitative estimate of drug-likeness (QED) is 0.695. The summed E-state index contributed by atoms with van der Waals surface area (Å²) in [5.41, 5.74) is 1.63. The van der Waals surface area contributed by atoms with Crippen LogP contribution in [-0.4, -0.2) is 28.5 Å². The summed E-state index contributed by atoms with van der Waals surface area (Å²) >= 11 is 1.94. The van der Waals surface area contributed by atoms with Crippen molar-refractivity contribution < 1.29 is 9.59 Å². The van der Waals surface area contributed by atoms with E-state index in [1.807, 2.05) is 54.2 Å². The van der Waals surface area contributed by atoms with Crippen LogP contribution in [0.3, 0.4) is 0 Å². The molecule has 2 aromatic rings. The molecule has 0 bridgehead atoms. The van der Waals surface area contributed by atoms with Crippen molar-refractivity contribution in [1.29, 1.82) is 0 Å². The molecule has 1 saturated carbocycles. The van der Waals surface area contributed by atoms with E-state index in [1.54, 1.807) is 4.90 Å². The minimum atomic E-state index is -0.587. The molecule has 1 aliphatic heterocycles. The van der Waals surface area contributed by atoms with Gasteiger partial charge in [-0.1, -0.05) is 43.2 Å². The Morgan fingerprint density at radius 2 is 1.69 bits per heavy atom. The van der Waals surface area contributed by atoms with Gasteiger partial charge in [0.2, 0.25) is 5.91 Å². The topological polar surface area (TPSA) is 49.4 Å². The molecule has 1 atom stereocenters. The summed E-state index contributed by atoms with van der Waals surface area (Å²) < 4.78 is 0. The fraction of sp³-hybridized carbons (Fsp3) is 0.417. The van der Waals surface area contributed by atoms with Gasteiger partial charge in [-0.05, 0) is 55.5 Å². The standard InChI is InChI=1S/C24H28N2O2S/c27-22-12-6-7-17-26(22)23(18-8-2-1-3-9-18)24(28)25-19-13-15-21(16-14-19)29-20-10-4-5-11-20/h1-3,8-9,13-16,20,23H,4-7,10-12,17H2,(H,25,28). The zero-order chi connectivity index (χ0) is 20.1. The van der Waals surface area contributed by atoms with Crippen LogP contribution in [0.2, 0.25) is 0 Å². The van der Waals surface area contributed by atoms with E-state index in [-0.39, 0.29) is 11.8 Å². The van der Waals surface area contributed by atoms with Crippen molar-refractivity contribution in [1.82, 2.24) is 4.90 Å². The molecule has 0 radical (unpaired) electrons. The third kappa shape index (κ3) is 5.02. The van der Waals surface area contributed by atoms with Gasteiger partial charge in [-0.15, -0.1) is 11.8 Å². The molecular formula is C24H28N2O2S. The molecule has 1 saturated heterocycles. The van der Waals surface area contributed by atoms with Crippen LogP contribution in [0.1, 0.15) is 56.6 Å². The van der Waals surface area contributed by atoms with E-state index in [9.17, 15) is 9.59 Å². The number of rotatable bonds is 6. The van der Waals surface area contributed by atoms with Crippen LogP contribution in [-0.2, 0) is 9.59 Å². The molecule has 2 amide bonds. The number of amides is 2. The first kappa shape index (κ1) is 20.0. The fourth-order valence-corrected chi connectivity index (χ4v) is 5.48. The lowest BCUT2D eigenvalue weighted by molar-refractivity contribution is -0.141. The van der Waals surface area contributed by atoms with E-state index in [0.29, 0.717) is 13.0 Å². The molecule has 1 aliphatic carbocycles. The molecule has 4 nitrogen and oxygen atoms in total. The third-order valence-corrected chi connectivity index (χ3v) is 7.11. The lowest BCUT2D eigenvalue weighted by atomic mass is 10.0. The molecule has 152 valence electrons. The van der Waals surface area contributed by atoms with Gasteiger partial charge in [-0.25, -0.2) is 0 Å². The van der Waals surface area contributed by atoms with E-state index in [2.05, 4.69) is 17.4 Å². The normalized spacial score (nSPS) is 18.6. The number of likely N-dealkylation sites (tertiary alicyclic amines) is 1. The Morgan fingerprint density at radius 3 is 2.38 bits per heavy atom. The molecule has 1 heterocycles. The Labute approximate surface area is 177 Å². The van der Waals surface area contributed by atoms with Crippen molar-refractivity contribution in [3.63, 3.8) is 0 Å². The average Bonchev–Trinajstić information content (AvgIpc) is 3.25. The Morgan fingerprint density at radius 1 is 0.966 bits per heavy atom. The van der Waals surface area contributed by atoms with Gasteiger partial charge in [0.05, 0.1) is 0 Å². The van der Waals surface area contributed by atoms with Gasteiger partial charge in [0.15, 0.2) is 0 Å². The monoisotopic (exact) mass is 408 g/mol. The summed E-state index contributed by atoms with van der Waals surface area (Å²) in [6, 6.07) is 17.1. The van der Waals surface area contributed by atoms with Gasteiger partial charge in [-0.2, -0.15) is 0 Å². The van der Waals surface area contributed by atoms with Gasteiger partial charge < -0.3 is 10.2 Å². The minimum absolute atomic E-state index is 0.0589. The molecule has 2 aliphatic rings. The molecule has 1 unspecified atom stereocenters. The van der Waals surface area contributed by atoms with Crippen molar-refractivity contribution in [2.75, 3.05) is 11.9 Å². The summed E-state index contributed by atoms with van der Waals surface area (Å²) in [5.74, 6) is -0.0915. The Hall–Kier alpha value is -2.27. The van der Waals surface area contributed by atoms with Gasteiger partial charge >= 0.3 is 0 Å². The summed E-state index contributed by atoms with van der Waals surface area (Å²) in [5, 5.41) is 3.76. The maximum Gasteiger partial charge on any atom is 0.251 e. The first-order chi connectivity index (χ1) is 14.2. The number of thioether (sulfide) groups is 1. The van der Waals surface area contributed by atoms with Crippen molar-refractivity contribution in [3.8, 4) is 0 Å². The van der Waals surface area contributed by atoms with E-state index in [0.717, 1.165) is 29.3 Å².